The number of imidazole rings is 1. The fourth-order valence-corrected chi connectivity index (χ4v) is 6.04. The minimum Gasteiger partial charge on any atom is -0.500 e. The summed E-state index contributed by atoms with van der Waals surface area (Å²) in [6.45, 7) is 31.6. The van der Waals surface area contributed by atoms with Crippen LogP contribution >= 0.6 is 0 Å². The maximum Gasteiger partial charge on any atom is 0.257 e. The van der Waals surface area contributed by atoms with E-state index in [9.17, 15) is 4.79 Å². The number of ether oxygens (including phenoxy) is 1. The molecule has 1 aromatic carbocycles. The van der Waals surface area contributed by atoms with Gasteiger partial charge in [0.1, 0.15) is 19.4 Å². The Morgan fingerprint density at radius 3 is 2.09 bits per heavy atom. The second-order valence-electron chi connectivity index (χ2n) is 16.5. The molecule has 1 N–H and O–H groups in total. The van der Waals surface area contributed by atoms with Crippen molar-refractivity contribution in [3.63, 3.8) is 0 Å². The summed E-state index contributed by atoms with van der Waals surface area (Å²) in [5.41, 5.74) is 7.46. The fraction of sp³-hybridized carbons (Fsp3) is 0.646. The topological polar surface area (TPSA) is 59.2 Å². The lowest BCUT2D eigenvalue weighted by molar-refractivity contribution is -0.498. The number of carbonyl (C=O) groups excluding carboxylic acids is 1. The van der Waals surface area contributed by atoms with E-state index in [1.54, 1.807) is 7.11 Å². The number of aryl methyl sites for hydroxylation is 2. The van der Waals surface area contributed by atoms with Gasteiger partial charge in [-0.1, -0.05) is 144 Å². The van der Waals surface area contributed by atoms with Crippen LogP contribution in [0.2, 0.25) is 0 Å². The van der Waals surface area contributed by atoms with E-state index in [4.69, 9.17) is 4.74 Å². The van der Waals surface area contributed by atoms with Gasteiger partial charge in [-0.2, -0.15) is 0 Å². The van der Waals surface area contributed by atoms with E-state index >= 15 is 0 Å². The van der Waals surface area contributed by atoms with Gasteiger partial charge in [0.25, 0.3) is 5.91 Å². The van der Waals surface area contributed by atoms with E-state index in [0.717, 1.165) is 81.9 Å². The zero-order valence-electron chi connectivity index (χ0n) is 37.5. The molecule has 1 fully saturated rings. The number of nitrogens with one attached hydrogen (secondary N) is 1. The second-order valence-corrected chi connectivity index (χ2v) is 16.5. The van der Waals surface area contributed by atoms with Crippen molar-refractivity contribution >= 4 is 28.6 Å². The molecule has 0 spiro atoms. The van der Waals surface area contributed by atoms with Crippen molar-refractivity contribution in [3.05, 3.63) is 70.5 Å². The van der Waals surface area contributed by atoms with E-state index in [-0.39, 0.29) is 5.91 Å². The molecule has 54 heavy (non-hydrogen) atoms. The van der Waals surface area contributed by atoms with Gasteiger partial charge in [0.05, 0.1) is 30.1 Å². The molecule has 2 unspecified atom stereocenters. The average molecular weight is 746 g/mol. The van der Waals surface area contributed by atoms with Crippen LogP contribution in [0.15, 0.2) is 65.0 Å². The van der Waals surface area contributed by atoms with Gasteiger partial charge in [0, 0.05) is 19.5 Å². The number of allylic oxidation sites excluding steroid dienone is 4. The number of aromatic nitrogens is 2. The van der Waals surface area contributed by atoms with E-state index in [1.165, 1.54) is 57.8 Å². The molecule has 1 saturated carbocycles. The van der Waals surface area contributed by atoms with Crippen LogP contribution in [-0.2, 0) is 16.6 Å². The molecule has 1 aliphatic heterocycles. The maximum atomic E-state index is 13.6. The second kappa shape index (κ2) is 25.6. The van der Waals surface area contributed by atoms with Crippen molar-refractivity contribution in [2.45, 2.75) is 154 Å². The van der Waals surface area contributed by atoms with Crippen LogP contribution in [-0.4, -0.2) is 46.4 Å². The number of carbonyl (C=O) groups is 1. The minimum atomic E-state index is -0.217. The number of methoxy groups -OCH3 is 1. The lowest BCUT2D eigenvalue weighted by Crippen LogP contribution is -2.26. The average Bonchev–Trinajstić information content (AvgIpc) is 3.83. The van der Waals surface area contributed by atoms with Gasteiger partial charge >= 0.3 is 0 Å². The molecule has 6 heteroatoms. The molecule has 1 aromatic heterocycles. The molecule has 1 aliphatic carbocycles. The first-order valence-electron chi connectivity index (χ1n) is 21.2. The van der Waals surface area contributed by atoms with Crippen molar-refractivity contribution in [2.75, 3.05) is 26.0 Å². The Morgan fingerprint density at radius 1 is 1.00 bits per heavy atom. The summed E-state index contributed by atoms with van der Waals surface area (Å²) in [5.74, 6) is 4.23. The smallest absolute Gasteiger partial charge is 0.257 e. The highest BCUT2D eigenvalue weighted by atomic mass is 16.5. The van der Waals surface area contributed by atoms with Gasteiger partial charge in [-0.05, 0) is 73.3 Å². The minimum absolute atomic E-state index is 0.217. The fourth-order valence-electron chi connectivity index (χ4n) is 6.04. The van der Waals surface area contributed by atoms with Gasteiger partial charge < -0.3 is 9.30 Å². The highest BCUT2D eigenvalue weighted by Crippen LogP contribution is 2.27. The van der Waals surface area contributed by atoms with Gasteiger partial charge in [-0.25, -0.2) is 9.56 Å². The van der Waals surface area contributed by atoms with Gasteiger partial charge in [-0.3, -0.25) is 10.1 Å². The van der Waals surface area contributed by atoms with Crippen molar-refractivity contribution < 1.29 is 14.1 Å². The zero-order chi connectivity index (χ0) is 41.0. The number of unbranched alkanes of at least 4 members (excludes halogenated alkanes) is 1. The van der Waals surface area contributed by atoms with Crippen molar-refractivity contribution in [3.8, 4) is 0 Å². The predicted octanol–water partition coefficient (Wildman–Crippen LogP) is 13.2. The summed E-state index contributed by atoms with van der Waals surface area (Å²) in [6, 6.07) is 6.07. The summed E-state index contributed by atoms with van der Waals surface area (Å²) in [6.07, 6.45) is 18.6. The molecular formula is C48H81N4O2+. The monoisotopic (exact) mass is 746 g/mol. The number of fused-ring (bicyclic) bond motifs is 1. The Morgan fingerprint density at radius 2 is 1.59 bits per heavy atom. The van der Waals surface area contributed by atoms with Gasteiger partial charge in [0.2, 0.25) is 5.95 Å². The molecule has 1 amide bonds. The third-order valence-corrected chi connectivity index (χ3v) is 11.3. The standard InChI is InChI=1S/C29H38N4O2.C9H20.C5H10.C5H12/c1-10-19(3)20(4)16-23(17-21(5)27-22(6)32(7)14-13-26(27)35-9)28(34)31-29-30-24-12-11-18(2)15-25(24)33(29)8;1-5-6-7-9(4)8(2)3;1-2-4-5-3-1;1-4-5(2)3/h11-12,15-17,19H,5,10,13-14H2,1-4,6-9H3;8-9H,5-7H2,1-4H3;1-5H2;5H,4H2,1-3H3/p+1/b20-16-,23-17+;;;. The molecule has 2 heterocycles. The Bertz CT molecular complexity index is 1570. The summed E-state index contributed by atoms with van der Waals surface area (Å²) in [4.78, 5) is 18.2. The SMILES string of the molecule is C1CCCC1.C=C(/C=C(\C=C(\C)C(C)CC)C(=O)Nc1nc2ccc(C)cc2n1C)C1=C(OC)CC[N+](C)=C1C.CCC(C)C.CCCCC(C)C(C)C. The largest absolute Gasteiger partial charge is 0.500 e. The first-order chi connectivity index (χ1) is 25.5. The van der Waals surface area contributed by atoms with Crippen molar-refractivity contribution in [2.24, 2.45) is 30.7 Å². The molecule has 2 atom stereocenters. The quantitative estimate of drug-likeness (QED) is 0.126. The van der Waals surface area contributed by atoms with Crippen molar-refractivity contribution in [1.29, 1.82) is 0 Å². The Kier molecular flexibility index (Phi) is 23.1. The number of rotatable bonds is 13. The first-order valence-corrected chi connectivity index (χ1v) is 21.2. The van der Waals surface area contributed by atoms with Crippen LogP contribution in [0.1, 0.15) is 152 Å². The van der Waals surface area contributed by atoms with Crippen LogP contribution < -0.4 is 5.32 Å². The summed E-state index contributed by atoms with van der Waals surface area (Å²) >= 11 is 0. The van der Waals surface area contributed by atoms with E-state index < -0.39 is 0 Å². The summed E-state index contributed by atoms with van der Waals surface area (Å²) < 4.78 is 9.80. The first kappa shape index (κ1) is 48.6. The van der Waals surface area contributed by atoms with E-state index in [0.29, 0.717) is 17.4 Å². The molecular weight excluding hydrogens is 665 g/mol. The number of amides is 1. The number of nitrogens with zero attached hydrogens (tertiary/aromatic N) is 3. The van der Waals surface area contributed by atoms with Crippen LogP contribution in [0.5, 0.6) is 0 Å². The highest BCUT2D eigenvalue weighted by molar-refractivity contribution is 6.07. The highest BCUT2D eigenvalue weighted by Gasteiger charge is 2.26. The molecule has 0 saturated heterocycles. The van der Waals surface area contributed by atoms with Crippen LogP contribution in [0, 0.1) is 30.6 Å². The summed E-state index contributed by atoms with van der Waals surface area (Å²) in [5, 5.41) is 3.03. The third-order valence-electron chi connectivity index (χ3n) is 11.3. The number of hydrogen-bond donors (Lipinski definition) is 1. The Labute approximate surface area is 332 Å². The van der Waals surface area contributed by atoms with Gasteiger partial charge in [-0.15, -0.1) is 0 Å². The van der Waals surface area contributed by atoms with Gasteiger partial charge in [0.15, 0.2) is 5.71 Å². The van der Waals surface area contributed by atoms with Crippen LogP contribution in [0.4, 0.5) is 5.95 Å². The Hall–Kier alpha value is -3.41. The third kappa shape index (κ3) is 16.5. The molecule has 2 aliphatic rings. The lowest BCUT2D eigenvalue weighted by Gasteiger charge is -2.19. The predicted molar refractivity (Wildman–Crippen MR) is 237 cm³/mol. The zero-order valence-corrected chi connectivity index (χ0v) is 37.5. The molecule has 2 aromatic rings. The molecule has 0 bridgehead atoms. The maximum absolute atomic E-state index is 13.6. The van der Waals surface area contributed by atoms with E-state index in [2.05, 4.69) is 111 Å². The molecule has 6 nitrogen and oxygen atoms in total. The van der Waals surface area contributed by atoms with Crippen LogP contribution in [0.25, 0.3) is 11.0 Å². The normalized spacial score (nSPS) is 15.9. The van der Waals surface area contributed by atoms with Crippen molar-refractivity contribution in [1.82, 2.24) is 9.55 Å². The number of anilines is 1. The lowest BCUT2D eigenvalue weighted by atomic mass is 9.93. The molecule has 0 radical (unpaired) electrons. The molecule has 4 rings (SSSR count). The van der Waals surface area contributed by atoms with E-state index in [1.807, 2.05) is 42.8 Å². The Balaban J connectivity index is 0.000000623. The van der Waals surface area contributed by atoms with Crippen LogP contribution in [0.3, 0.4) is 0 Å². The number of benzene rings is 1. The number of hydrogen-bond acceptors (Lipinski definition) is 3. The molecule has 304 valence electrons. The summed E-state index contributed by atoms with van der Waals surface area (Å²) in [7, 11) is 5.67.